The Morgan fingerprint density at radius 1 is 0.966 bits per heavy atom. The van der Waals surface area contributed by atoms with E-state index >= 15 is 0 Å². The Morgan fingerprint density at radius 3 is 2.17 bits per heavy atom. The van der Waals surface area contributed by atoms with E-state index < -0.39 is 0 Å². The molecule has 0 spiro atoms. The van der Waals surface area contributed by atoms with Crippen molar-refractivity contribution in [1.29, 1.82) is 0 Å². The number of aromatic nitrogens is 2. The van der Waals surface area contributed by atoms with Gasteiger partial charge in [-0.25, -0.2) is 4.68 Å². The number of rotatable bonds is 7. The molecule has 152 valence electrons. The van der Waals surface area contributed by atoms with Gasteiger partial charge in [0.15, 0.2) is 0 Å². The van der Waals surface area contributed by atoms with Crippen LogP contribution in [0.3, 0.4) is 0 Å². The van der Waals surface area contributed by atoms with Crippen molar-refractivity contribution < 1.29 is 4.79 Å². The molecule has 3 rings (SSSR count). The predicted octanol–water partition coefficient (Wildman–Crippen LogP) is 4.89. The molecule has 0 saturated carbocycles. The van der Waals surface area contributed by atoms with Gasteiger partial charge >= 0.3 is 0 Å². The zero-order chi connectivity index (χ0) is 21.0. The average molecular weight is 391 g/mol. The second kappa shape index (κ2) is 9.05. The van der Waals surface area contributed by atoms with Crippen molar-refractivity contribution in [1.82, 2.24) is 14.7 Å². The van der Waals surface area contributed by atoms with E-state index in [2.05, 4.69) is 48.2 Å². The predicted molar refractivity (Wildman–Crippen MR) is 119 cm³/mol. The minimum Gasteiger partial charge on any atom is -0.319 e. The van der Waals surface area contributed by atoms with Gasteiger partial charge in [-0.3, -0.25) is 9.69 Å². The van der Waals surface area contributed by atoms with Gasteiger partial charge in [-0.1, -0.05) is 43.7 Å². The molecule has 0 atom stereocenters. The Bertz CT molecular complexity index is 967. The van der Waals surface area contributed by atoms with Gasteiger partial charge in [0.2, 0.25) is 0 Å². The van der Waals surface area contributed by atoms with E-state index in [0.717, 1.165) is 42.4 Å². The van der Waals surface area contributed by atoms with Crippen LogP contribution in [0.5, 0.6) is 0 Å². The van der Waals surface area contributed by atoms with E-state index in [1.807, 2.05) is 54.9 Å². The third-order valence-electron chi connectivity index (χ3n) is 5.33. The van der Waals surface area contributed by atoms with Crippen LogP contribution in [0, 0.1) is 20.8 Å². The maximum Gasteiger partial charge on any atom is 0.255 e. The van der Waals surface area contributed by atoms with Gasteiger partial charge in [-0.15, -0.1) is 0 Å². The number of hydrogen-bond acceptors (Lipinski definition) is 3. The number of anilines is 1. The highest BCUT2D eigenvalue weighted by Crippen LogP contribution is 2.24. The molecule has 5 nitrogen and oxygen atoms in total. The number of benzene rings is 2. The van der Waals surface area contributed by atoms with Crippen molar-refractivity contribution >= 4 is 11.6 Å². The minimum absolute atomic E-state index is 0.117. The van der Waals surface area contributed by atoms with Gasteiger partial charge in [0.1, 0.15) is 0 Å². The fourth-order valence-corrected chi connectivity index (χ4v) is 3.41. The van der Waals surface area contributed by atoms with Crippen LogP contribution in [-0.4, -0.2) is 33.7 Å². The average Bonchev–Trinajstić information content (AvgIpc) is 3.01. The quantitative estimate of drug-likeness (QED) is 0.625. The van der Waals surface area contributed by atoms with Gasteiger partial charge in [-0.05, 0) is 63.7 Å². The Hall–Kier alpha value is -2.92. The molecule has 0 aliphatic carbocycles. The highest BCUT2D eigenvalue weighted by Gasteiger charge is 2.16. The molecule has 29 heavy (non-hydrogen) atoms. The number of nitrogens with zero attached hydrogens (tertiary/aromatic N) is 3. The Kier molecular flexibility index (Phi) is 6.49. The van der Waals surface area contributed by atoms with E-state index in [0.29, 0.717) is 5.56 Å². The lowest BCUT2D eigenvalue weighted by molar-refractivity contribution is 0.102. The van der Waals surface area contributed by atoms with Crippen LogP contribution in [0.4, 0.5) is 5.69 Å². The molecule has 0 aliphatic rings. The second-order valence-corrected chi connectivity index (χ2v) is 7.41. The SMILES string of the molecule is CCN(CC)Cc1ccc(C(=O)Nc2c(C)nn(-c3ccc(C)cc3)c2C)cc1. The van der Waals surface area contributed by atoms with Crippen LogP contribution in [0.25, 0.3) is 5.69 Å². The van der Waals surface area contributed by atoms with Crippen LogP contribution in [0.1, 0.15) is 46.7 Å². The van der Waals surface area contributed by atoms with Crippen LogP contribution in [0.2, 0.25) is 0 Å². The van der Waals surface area contributed by atoms with E-state index in [1.54, 1.807) is 0 Å². The van der Waals surface area contributed by atoms with Crippen molar-refractivity contribution in [3.05, 3.63) is 76.6 Å². The summed E-state index contributed by atoms with van der Waals surface area (Å²) in [6, 6.07) is 16.0. The number of hydrogen-bond donors (Lipinski definition) is 1. The first-order valence-electron chi connectivity index (χ1n) is 10.2. The van der Waals surface area contributed by atoms with Gasteiger partial charge in [-0.2, -0.15) is 5.10 Å². The highest BCUT2D eigenvalue weighted by atomic mass is 16.1. The zero-order valence-corrected chi connectivity index (χ0v) is 18.0. The number of amides is 1. The highest BCUT2D eigenvalue weighted by molar-refractivity contribution is 6.04. The smallest absolute Gasteiger partial charge is 0.255 e. The third kappa shape index (κ3) is 4.74. The van der Waals surface area contributed by atoms with E-state index in [-0.39, 0.29) is 5.91 Å². The Labute approximate surface area is 173 Å². The maximum absolute atomic E-state index is 12.8. The third-order valence-corrected chi connectivity index (χ3v) is 5.33. The van der Waals surface area contributed by atoms with E-state index in [4.69, 9.17) is 0 Å². The zero-order valence-electron chi connectivity index (χ0n) is 18.0. The lowest BCUT2D eigenvalue weighted by Crippen LogP contribution is -2.22. The molecule has 1 heterocycles. The van der Waals surface area contributed by atoms with Gasteiger partial charge in [0, 0.05) is 12.1 Å². The first kappa shape index (κ1) is 20.8. The summed E-state index contributed by atoms with van der Waals surface area (Å²) in [5.41, 5.74) is 6.53. The number of aryl methyl sites for hydroxylation is 2. The molecule has 1 N–H and O–H groups in total. The fourth-order valence-electron chi connectivity index (χ4n) is 3.41. The minimum atomic E-state index is -0.117. The monoisotopic (exact) mass is 390 g/mol. The first-order chi connectivity index (χ1) is 13.9. The normalized spacial score (nSPS) is 11.1. The fraction of sp³-hybridized carbons (Fsp3) is 0.333. The molecule has 2 aromatic carbocycles. The number of carbonyl (C=O) groups excluding carboxylic acids is 1. The van der Waals surface area contributed by atoms with Gasteiger partial charge in [0.05, 0.1) is 22.8 Å². The molecule has 1 amide bonds. The van der Waals surface area contributed by atoms with Crippen LogP contribution >= 0.6 is 0 Å². The number of carbonyl (C=O) groups is 1. The summed E-state index contributed by atoms with van der Waals surface area (Å²) in [5, 5.41) is 7.67. The topological polar surface area (TPSA) is 50.2 Å². The summed E-state index contributed by atoms with van der Waals surface area (Å²) in [6.07, 6.45) is 0. The summed E-state index contributed by atoms with van der Waals surface area (Å²) < 4.78 is 1.87. The van der Waals surface area contributed by atoms with Crippen LogP contribution < -0.4 is 5.32 Å². The summed E-state index contributed by atoms with van der Waals surface area (Å²) in [6.45, 7) is 13.2. The van der Waals surface area contributed by atoms with Gasteiger partial charge < -0.3 is 5.32 Å². The van der Waals surface area contributed by atoms with Crippen molar-refractivity contribution in [2.75, 3.05) is 18.4 Å². The van der Waals surface area contributed by atoms with Crippen LogP contribution in [0.15, 0.2) is 48.5 Å². The molecular weight excluding hydrogens is 360 g/mol. The molecular formula is C24H30N4O. The molecule has 0 radical (unpaired) electrons. The molecule has 0 aliphatic heterocycles. The summed E-state index contributed by atoms with van der Waals surface area (Å²) in [5.74, 6) is -0.117. The first-order valence-corrected chi connectivity index (χ1v) is 10.2. The summed E-state index contributed by atoms with van der Waals surface area (Å²) >= 11 is 0. The molecule has 0 fully saturated rings. The summed E-state index contributed by atoms with van der Waals surface area (Å²) in [7, 11) is 0. The second-order valence-electron chi connectivity index (χ2n) is 7.41. The van der Waals surface area contributed by atoms with Crippen molar-refractivity contribution in [2.24, 2.45) is 0 Å². The van der Waals surface area contributed by atoms with Crippen LogP contribution in [-0.2, 0) is 6.54 Å². The molecule has 1 aromatic heterocycles. The van der Waals surface area contributed by atoms with Crippen molar-refractivity contribution in [2.45, 2.75) is 41.2 Å². The molecule has 0 unspecified atom stereocenters. The molecule has 0 bridgehead atoms. The van der Waals surface area contributed by atoms with Gasteiger partial charge in [0.25, 0.3) is 5.91 Å². The lowest BCUT2D eigenvalue weighted by Gasteiger charge is -2.18. The van der Waals surface area contributed by atoms with Crippen molar-refractivity contribution in [3.63, 3.8) is 0 Å². The van der Waals surface area contributed by atoms with E-state index in [9.17, 15) is 4.79 Å². The Morgan fingerprint density at radius 2 is 1.59 bits per heavy atom. The molecule has 3 aromatic rings. The lowest BCUT2D eigenvalue weighted by atomic mass is 10.1. The van der Waals surface area contributed by atoms with E-state index in [1.165, 1.54) is 11.1 Å². The molecule has 0 saturated heterocycles. The standard InChI is InChI=1S/C24H30N4O/c1-6-27(7-2)16-20-10-12-21(13-11-20)24(29)25-23-18(4)26-28(19(23)5)22-14-8-17(3)9-15-22/h8-15H,6-7,16H2,1-5H3,(H,25,29). The Balaban J connectivity index is 1.76. The molecule has 5 heteroatoms. The summed E-state index contributed by atoms with van der Waals surface area (Å²) in [4.78, 5) is 15.1. The van der Waals surface area contributed by atoms with Crippen molar-refractivity contribution in [3.8, 4) is 5.69 Å². The maximum atomic E-state index is 12.8. The largest absolute Gasteiger partial charge is 0.319 e. The number of nitrogens with one attached hydrogen (secondary N) is 1.